The molecule has 0 unspecified atom stereocenters. The second-order valence-electron chi connectivity index (χ2n) is 14.3. The lowest BCUT2D eigenvalue weighted by Gasteiger charge is -2.39. The Balaban J connectivity index is 1.14. The Hall–Kier alpha value is -3.86. The van der Waals surface area contributed by atoms with Crippen molar-refractivity contribution >= 4 is 59.1 Å². The first-order chi connectivity index (χ1) is 26.3. The third-order valence-electron chi connectivity index (χ3n) is 11.3. The van der Waals surface area contributed by atoms with E-state index in [0.717, 1.165) is 42.4 Å². The molecule has 2 saturated heterocycles. The first kappa shape index (κ1) is 38.4. The van der Waals surface area contributed by atoms with Crippen LogP contribution in [0.4, 0.5) is 4.79 Å². The summed E-state index contributed by atoms with van der Waals surface area (Å²) in [5.41, 5.74) is 10.7. The van der Waals surface area contributed by atoms with Gasteiger partial charge in [-0.05, 0) is 115 Å². The molecule has 16 heteroatoms. The van der Waals surface area contributed by atoms with Crippen LogP contribution >= 0.6 is 30.1 Å². The van der Waals surface area contributed by atoms with Gasteiger partial charge in [-0.3, -0.25) is 9.59 Å². The predicted molar refractivity (Wildman–Crippen MR) is 212 cm³/mol. The van der Waals surface area contributed by atoms with Gasteiger partial charge in [0.05, 0.1) is 29.0 Å². The van der Waals surface area contributed by atoms with E-state index in [4.69, 9.17) is 24.7 Å². The minimum absolute atomic E-state index is 0.0623. The summed E-state index contributed by atoms with van der Waals surface area (Å²) in [6, 6.07) is 7.75. The van der Waals surface area contributed by atoms with Crippen LogP contribution in [-0.2, 0) is 43.6 Å². The number of azide groups is 1. The Morgan fingerprint density at radius 2 is 1.89 bits per heavy atom. The van der Waals surface area contributed by atoms with Crippen LogP contribution in [0.5, 0.6) is 5.75 Å². The Kier molecular flexibility index (Phi) is 12.0. The Labute approximate surface area is 329 Å². The van der Waals surface area contributed by atoms with Gasteiger partial charge >= 0.3 is 18.0 Å². The lowest BCUT2D eigenvalue weighted by Crippen LogP contribution is -2.48. The quantitative estimate of drug-likeness (QED) is 0.0347. The molecule has 1 amide bonds. The highest BCUT2D eigenvalue weighted by Gasteiger charge is 2.50. The van der Waals surface area contributed by atoms with Gasteiger partial charge in [-0.15, -0.1) is 0 Å². The van der Waals surface area contributed by atoms with E-state index in [1.54, 1.807) is 37.5 Å². The van der Waals surface area contributed by atoms with E-state index in [2.05, 4.69) is 36.1 Å². The van der Waals surface area contributed by atoms with Crippen LogP contribution in [0.3, 0.4) is 0 Å². The summed E-state index contributed by atoms with van der Waals surface area (Å²) in [7, 11) is 1.61. The molecule has 0 aliphatic carbocycles. The predicted octanol–water partition coefficient (Wildman–Crippen LogP) is 7.53. The third kappa shape index (κ3) is 7.54. The van der Waals surface area contributed by atoms with Crippen LogP contribution in [0.1, 0.15) is 93.4 Å². The summed E-state index contributed by atoms with van der Waals surface area (Å²) in [4.78, 5) is 66.2. The third-order valence-corrected chi connectivity index (χ3v) is 12.6. The molecule has 0 radical (unpaired) electrons. The van der Waals surface area contributed by atoms with Gasteiger partial charge in [0, 0.05) is 59.3 Å². The van der Waals surface area contributed by atoms with Gasteiger partial charge in [0.25, 0.3) is 5.56 Å². The van der Waals surface area contributed by atoms with Crippen LogP contribution in [0.25, 0.3) is 32.7 Å². The lowest BCUT2D eigenvalue weighted by molar-refractivity contribution is -0.189. The number of unbranched alkanes of at least 4 members (excludes halogenated alkanes) is 2. The standard InChI is InChI=1S/C38H44IN7O7S/c1-2-38(53-33(47)9-5-3-6-14-41-43-40)30-20-32-34-27(21-46(32)35(48)28(30)22-51-36(38)49)29(23-54-39)26-19-25(10-11-31(26)42-34)52-37(50)45-17-12-24(13-18-45)44-15-7-4-8-16-44/h10-11,19-20,24H,2-9,12-18,21-23H2,1H3/t38-/m0/s1. The normalized spacial score (nSPS) is 19.7. The number of benzene rings is 1. The van der Waals surface area contributed by atoms with E-state index in [1.165, 1.54) is 19.3 Å². The molecule has 0 spiro atoms. The average Bonchev–Trinajstić information content (AvgIpc) is 3.56. The molecule has 54 heavy (non-hydrogen) atoms. The van der Waals surface area contributed by atoms with Gasteiger partial charge in [-0.2, -0.15) is 0 Å². The number of amides is 1. The maximum atomic E-state index is 14.2. The van der Waals surface area contributed by atoms with Crippen molar-refractivity contribution in [2.75, 3.05) is 32.7 Å². The largest absolute Gasteiger partial charge is 0.457 e. The van der Waals surface area contributed by atoms with E-state index >= 15 is 0 Å². The van der Waals surface area contributed by atoms with Crippen LogP contribution < -0.4 is 10.3 Å². The van der Waals surface area contributed by atoms with E-state index in [9.17, 15) is 19.2 Å². The molecule has 0 saturated carbocycles. The number of aromatic nitrogens is 2. The topological polar surface area (TPSA) is 169 Å². The molecule has 1 atom stereocenters. The number of pyridine rings is 2. The number of rotatable bonds is 12. The fraction of sp³-hybridized carbons (Fsp3) is 0.553. The number of fused-ring (bicyclic) bond motifs is 5. The van der Waals surface area contributed by atoms with E-state index < -0.39 is 17.5 Å². The molecule has 3 aromatic rings. The fourth-order valence-corrected chi connectivity index (χ4v) is 9.74. The van der Waals surface area contributed by atoms with Crippen molar-refractivity contribution in [1.29, 1.82) is 0 Å². The van der Waals surface area contributed by atoms with E-state index in [0.29, 0.717) is 78.9 Å². The lowest BCUT2D eigenvalue weighted by atomic mass is 9.85. The number of piperidine rings is 2. The fourth-order valence-electron chi connectivity index (χ4n) is 8.36. The molecule has 7 rings (SSSR count). The summed E-state index contributed by atoms with van der Waals surface area (Å²) in [5.74, 6) is -0.225. The number of cyclic esters (lactones) is 1. The molecule has 2 aromatic heterocycles. The van der Waals surface area contributed by atoms with Crippen molar-refractivity contribution in [3.63, 3.8) is 0 Å². The number of hydrogen-bond donors (Lipinski definition) is 0. The Bertz CT molecular complexity index is 2060. The van der Waals surface area contributed by atoms with Gasteiger partial charge < -0.3 is 28.6 Å². The second kappa shape index (κ2) is 16.9. The summed E-state index contributed by atoms with van der Waals surface area (Å²) < 4.78 is 19.0. The number of ether oxygens (including phenoxy) is 3. The monoisotopic (exact) mass is 869 g/mol. The van der Waals surface area contributed by atoms with Crippen molar-refractivity contribution in [1.82, 2.24) is 19.4 Å². The van der Waals surface area contributed by atoms with Crippen molar-refractivity contribution in [2.45, 2.75) is 102 Å². The summed E-state index contributed by atoms with van der Waals surface area (Å²) in [5, 5.41) is 4.35. The highest BCUT2D eigenvalue weighted by Crippen LogP contribution is 2.43. The molecule has 4 aliphatic rings. The van der Waals surface area contributed by atoms with Crippen molar-refractivity contribution in [3.05, 3.63) is 67.3 Å². The zero-order valence-corrected chi connectivity index (χ0v) is 33.4. The SMILES string of the molecule is CC[C@@]1(OC(=O)CCCCCN=[N+]=[N-])C(=O)OCc2c1cc1n(c2=O)Cc2c-1nc1ccc(OC(=O)N3CCC(N4CCCCC4)CC3)cc1c2CSI. The number of hydrogen-bond acceptors (Lipinski definition) is 11. The van der Waals surface area contributed by atoms with E-state index in [-0.39, 0.29) is 43.2 Å². The van der Waals surface area contributed by atoms with Gasteiger partial charge in [-0.1, -0.05) is 33.8 Å². The molecule has 0 bridgehead atoms. The highest BCUT2D eigenvalue weighted by molar-refractivity contribution is 14.2. The van der Waals surface area contributed by atoms with Crippen molar-refractivity contribution in [3.8, 4) is 17.1 Å². The molecule has 4 aliphatic heterocycles. The van der Waals surface area contributed by atoms with Crippen molar-refractivity contribution in [2.24, 2.45) is 5.11 Å². The molecule has 14 nitrogen and oxygen atoms in total. The number of halogens is 1. The Morgan fingerprint density at radius 1 is 1.09 bits per heavy atom. The summed E-state index contributed by atoms with van der Waals surface area (Å²) in [6.07, 6.45) is 7.28. The zero-order valence-electron chi connectivity index (χ0n) is 30.4. The maximum Gasteiger partial charge on any atom is 0.415 e. The smallest absolute Gasteiger partial charge is 0.415 e. The molecule has 286 valence electrons. The number of carbonyl (C=O) groups excluding carboxylic acids is 3. The molecule has 1 aromatic carbocycles. The number of likely N-dealkylation sites (tertiary alicyclic amines) is 2. The first-order valence-electron chi connectivity index (χ1n) is 18.8. The minimum Gasteiger partial charge on any atom is -0.457 e. The number of carbonyl (C=O) groups is 3. The van der Waals surface area contributed by atoms with Gasteiger partial charge in [0.15, 0.2) is 0 Å². The van der Waals surface area contributed by atoms with Crippen molar-refractivity contribution < 1.29 is 28.6 Å². The first-order valence-corrected chi connectivity index (χ1v) is 22.4. The zero-order chi connectivity index (χ0) is 37.8. The van der Waals surface area contributed by atoms with Crippen LogP contribution in [0.2, 0.25) is 0 Å². The molecule has 2 fully saturated rings. The molecular formula is C38H44IN7O7S. The minimum atomic E-state index is -1.77. The summed E-state index contributed by atoms with van der Waals surface area (Å²) >= 11 is 2.25. The van der Waals surface area contributed by atoms with Gasteiger partial charge in [0.2, 0.25) is 5.60 Å². The number of nitrogens with zero attached hydrogens (tertiary/aromatic N) is 7. The molecular weight excluding hydrogens is 825 g/mol. The van der Waals surface area contributed by atoms with Gasteiger partial charge in [0.1, 0.15) is 12.4 Å². The van der Waals surface area contributed by atoms with Crippen LogP contribution in [0, 0.1) is 0 Å². The Morgan fingerprint density at radius 3 is 2.63 bits per heavy atom. The van der Waals surface area contributed by atoms with Crippen LogP contribution in [-0.4, -0.2) is 76.1 Å². The van der Waals surface area contributed by atoms with Crippen LogP contribution in [0.15, 0.2) is 34.2 Å². The molecule has 6 heterocycles. The van der Waals surface area contributed by atoms with E-state index in [1.807, 2.05) is 12.1 Å². The van der Waals surface area contributed by atoms with Gasteiger partial charge in [-0.25, -0.2) is 14.6 Å². The number of esters is 2. The second-order valence-corrected chi connectivity index (χ2v) is 16.7. The maximum absolute atomic E-state index is 14.2. The summed E-state index contributed by atoms with van der Waals surface area (Å²) in [6.45, 7) is 5.76. The highest BCUT2D eigenvalue weighted by atomic mass is 127. The average molecular weight is 870 g/mol. The molecule has 0 N–H and O–H groups in total.